The van der Waals surface area contributed by atoms with E-state index < -0.39 is 11.7 Å². The highest BCUT2D eigenvalue weighted by Gasteiger charge is 2.31. The van der Waals surface area contributed by atoms with Crippen molar-refractivity contribution in [1.29, 1.82) is 5.26 Å². The molecule has 124 valence electrons. The molecule has 1 saturated carbocycles. The summed E-state index contributed by atoms with van der Waals surface area (Å²) in [7, 11) is 0. The number of carbonyl (C=O) groups excluding carboxylic acids is 1. The van der Waals surface area contributed by atoms with Crippen LogP contribution in [0.5, 0.6) is 0 Å². The zero-order valence-corrected chi connectivity index (χ0v) is 13.7. The summed E-state index contributed by atoms with van der Waals surface area (Å²) >= 11 is 6.07. The Hall–Kier alpha value is -2.39. The van der Waals surface area contributed by atoms with Gasteiger partial charge < -0.3 is 9.84 Å². The van der Waals surface area contributed by atoms with Gasteiger partial charge in [-0.05, 0) is 38.3 Å². The van der Waals surface area contributed by atoms with Crippen LogP contribution in [-0.2, 0) is 0 Å². The summed E-state index contributed by atoms with van der Waals surface area (Å²) in [6.45, 7) is 1.58. The lowest BCUT2D eigenvalue weighted by Crippen LogP contribution is -2.37. The lowest BCUT2D eigenvalue weighted by molar-refractivity contribution is 0.0932. The van der Waals surface area contributed by atoms with Crippen LogP contribution in [-0.4, -0.2) is 17.1 Å². The number of nitrogens with zero attached hydrogens (tertiary/aromatic N) is 2. The summed E-state index contributed by atoms with van der Waals surface area (Å²) in [6, 6.07) is 6.23. The fourth-order valence-corrected chi connectivity index (χ4v) is 3.31. The van der Waals surface area contributed by atoms with Gasteiger partial charge in [0.1, 0.15) is 22.8 Å². The maximum Gasteiger partial charge on any atom is 0.257 e. The van der Waals surface area contributed by atoms with Crippen LogP contribution in [0.25, 0.3) is 11.3 Å². The summed E-state index contributed by atoms with van der Waals surface area (Å²) in [5.41, 5.74) is 0.245. The van der Waals surface area contributed by atoms with Crippen molar-refractivity contribution in [3.8, 4) is 17.3 Å². The van der Waals surface area contributed by atoms with E-state index in [0.29, 0.717) is 0 Å². The van der Waals surface area contributed by atoms with Crippen molar-refractivity contribution >= 4 is 17.5 Å². The highest BCUT2D eigenvalue weighted by molar-refractivity contribution is 6.33. The lowest BCUT2D eigenvalue weighted by Gasteiger charge is -2.15. The molecule has 1 aromatic heterocycles. The Morgan fingerprint density at radius 3 is 3.00 bits per heavy atom. The number of hydrogen-bond donors (Lipinski definition) is 1. The van der Waals surface area contributed by atoms with Crippen molar-refractivity contribution in [2.24, 2.45) is 5.92 Å². The SMILES string of the molecule is Cc1onc(-c2c(F)cccc2Cl)c1C(=O)NC1CCCC1C#N. The van der Waals surface area contributed by atoms with E-state index in [4.69, 9.17) is 21.4 Å². The third-order valence-corrected chi connectivity index (χ3v) is 4.60. The molecule has 2 atom stereocenters. The normalized spacial score (nSPS) is 19.9. The van der Waals surface area contributed by atoms with Gasteiger partial charge in [0, 0.05) is 6.04 Å². The van der Waals surface area contributed by atoms with Gasteiger partial charge in [0.25, 0.3) is 5.91 Å². The topological polar surface area (TPSA) is 78.9 Å². The Kier molecular flexibility index (Phi) is 4.54. The van der Waals surface area contributed by atoms with Crippen molar-refractivity contribution in [2.75, 3.05) is 0 Å². The first-order valence-electron chi connectivity index (χ1n) is 7.64. The van der Waals surface area contributed by atoms with E-state index >= 15 is 0 Å². The first kappa shape index (κ1) is 16.5. The second-order valence-electron chi connectivity index (χ2n) is 5.81. The van der Waals surface area contributed by atoms with Gasteiger partial charge in [-0.15, -0.1) is 0 Å². The highest BCUT2D eigenvalue weighted by atomic mass is 35.5. The Bertz CT molecular complexity index is 807. The lowest BCUT2D eigenvalue weighted by atomic mass is 10.0. The van der Waals surface area contributed by atoms with E-state index in [1.54, 1.807) is 6.92 Å². The molecule has 1 N–H and O–H groups in total. The quantitative estimate of drug-likeness (QED) is 0.914. The van der Waals surface area contributed by atoms with E-state index in [-0.39, 0.29) is 39.6 Å². The van der Waals surface area contributed by atoms with Gasteiger partial charge in [0.05, 0.1) is 22.6 Å². The summed E-state index contributed by atoms with van der Waals surface area (Å²) in [4.78, 5) is 12.7. The van der Waals surface area contributed by atoms with Gasteiger partial charge in [-0.25, -0.2) is 4.39 Å². The van der Waals surface area contributed by atoms with Crippen LogP contribution in [0.3, 0.4) is 0 Å². The number of amides is 1. The number of nitriles is 1. The van der Waals surface area contributed by atoms with E-state index in [9.17, 15) is 9.18 Å². The third kappa shape index (κ3) is 2.87. The minimum absolute atomic E-state index is 0.0319. The minimum atomic E-state index is -0.583. The first-order valence-corrected chi connectivity index (χ1v) is 8.02. The molecule has 3 rings (SSSR count). The van der Waals surface area contributed by atoms with Crippen LogP contribution in [0.4, 0.5) is 4.39 Å². The molecule has 5 nitrogen and oxygen atoms in total. The maximum absolute atomic E-state index is 14.2. The molecule has 0 aliphatic heterocycles. The fourth-order valence-electron chi connectivity index (χ4n) is 3.06. The van der Waals surface area contributed by atoms with E-state index in [0.717, 1.165) is 19.3 Å². The first-order chi connectivity index (χ1) is 11.5. The summed E-state index contributed by atoms with van der Waals surface area (Å²) < 4.78 is 19.3. The van der Waals surface area contributed by atoms with Crippen molar-refractivity contribution in [1.82, 2.24) is 10.5 Å². The van der Waals surface area contributed by atoms with Gasteiger partial charge in [-0.2, -0.15) is 5.26 Å². The highest BCUT2D eigenvalue weighted by Crippen LogP contribution is 2.34. The van der Waals surface area contributed by atoms with E-state index in [1.165, 1.54) is 18.2 Å². The predicted molar refractivity (Wildman–Crippen MR) is 85.9 cm³/mol. The monoisotopic (exact) mass is 347 g/mol. The number of aromatic nitrogens is 1. The van der Waals surface area contributed by atoms with Gasteiger partial charge in [0.2, 0.25) is 0 Å². The van der Waals surface area contributed by atoms with Crippen LogP contribution in [0.1, 0.15) is 35.4 Å². The average Bonchev–Trinajstić information content (AvgIpc) is 3.13. The molecule has 0 saturated heterocycles. The summed E-state index contributed by atoms with van der Waals surface area (Å²) in [5.74, 6) is -0.959. The second-order valence-corrected chi connectivity index (χ2v) is 6.21. The largest absolute Gasteiger partial charge is 0.360 e. The Morgan fingerprint density at radius 1 is 1.50 bits per heavy atom. The number of aryl methyl sites for hydroxylation is 1. The molecule has 0 spiro atoms. The molecule has 1 fully saturated rings. The average molecular weight is 348 g/mol. The number of benzene rings is 1. The molecule has 1 amide bonds. The van der Waals surface area contributed by atoms with Crippen LogP contribution < -0.4 is 5.32 Å². The van der Waals surface area contributed by atoms with Gasteiger partial charge >= 0.3 is 0 Å². The maximum atomic E-state index is 14.2. The van der Waals surface area contributed by atoms with Crippen molar-refractivity contribution in [3.05, 3.63) is 40.4 Å². The van der Waals surface area contributed by atoms with E-state index in [1.807, 2.05) is 0 Å². The van der Waals surface area contributed by atoms with Crippen LogP contribution in [0.2, 0.25) is 5.02 Å². The molecule has 0 bridgehead atoms. The molecule has 1 aliphatic carbocycles. The van der Waals surface area contributed by atoms with Gasteiger partial charge in [0.15, 0.2) is 0 Å². The number of rotatable bonds is 3. The molecule has 2 unspecified atom stereocenters. The second kappa shape index (κ2) is 6.62. The van der Waals surface area contributed by atoms with Crippen molar-refractivity contribution < 1.29 is 13.7 Å². The Balaban J connectivity index is 1.96. The number of nitrogens with one attached hydrogen (secondary N) is 1. The Labute approximate surface area is 143 Å². The predicted octanol–water partition coefficient (Wildman–Crippen LogP) is 3.86. The van der Waals surface area contributed by atoms with E-state index in [2.05, 4.69) is 16.5 Å². The number of hydrogen-bond acceptors (Lipinski definition) is 4. The third-order valence-electron chi connectivity index (χ3n) is 4.29. The molecule has 1 aromatic carbocycles. The Morgan fingerprint density at radius 2 is 2.29 bits per heavy atom. The molecule has 24 heavy (non-hydrogen) atoms. The zero-order valence-electron chi connectivity index (χ0n) is 13.0. The number of carbonyl (C=O) groups is 1. The molecule has 1 aliphatic rings. The summed E-state index contributed by atoms with van der Waals surface area (Å²) in [5, 5.41) is 15.9. The zero-order chi connectivity index (χ0) is 17.3. The van der Waals surface area contributed by atoms with Gasteiger partial charge in [-0.3, -0.25) is 4.79 Å². The fraction of sp³-hybridized carbons (Fsp3) is 0.353. The molecular weight excluding hydrogens is 333 g/mol. The minimum Gasteiger partial charge on any atom is -0.360 e. The standard InChI is InChI=1S/C17H15ClFN3O2/c1-9-14(17(23)21-13-7-2-4-10(13)8-20)16(22-24-9)15-11(18)5-3-6-12(15)19/h3,5-6,10,13H,2,4,7H2,1H3,(H,21,23). The van der Waals surface area contributed by atoms with Crippen molar-refractivity contribution in [2.45, 2.75) is 32.2 Å². The molecule has 0 radical (unpaired) electrons. The molecule has 7 heteroatoms. The van der Waals surface area contributed by atoms with Crippen LogP contribution in [0.15, 0.2) is 22.7 Å². The molecule has 2 aromatic rings. The van der Waals surface area contributed by atoms with Gasteiger partial charge in [-0.1, -0.05) is 22.8 Å². The van der Waals surface area contributed by atoms with Crippen LogP contribution >= 0.6 is 11.6 Å². The number of halogens is 2. The molecule has 1 heterocycles. The van der Waals surface area contributed by atoms with Crippen molar-refractivity contribution in [3.63, 3.8) is 0 Å². The smallest absolute Gasteiger partial charge is 0.257 e. The van der Waals surface area contributed by atoms with Crippen LogP contribution in [0, 0.1) is 30.0 Å². The summed E-state index contributed by atoms with van der Waals surface area (Å²) in [6.07, 6.45) is 2.39. The molecular formula is C17H15ClFN3O2.